The Morgan fingerprint density at radius 2 is 2.05 bits per heavy atom. The molecule has 0 aliphatic carbocycles. The molecule has 7 heteroatoms. The van der Waals surface area contributed by atoms with Gasteiger partial charge in [0.25, 0.3) is 5.91 Å². The lowest BCUT2D eigenvalue weighted by Gasteiger charge is -2.10. The van der Waals surface area contributed by atoms with Crippen LogP contribution in [0.4, 0.5) is 4.39 Å². The predicted molar refractivity (Wildman–Crippen MR) is 77.4 cm³/mol. The van der Waals surface area contributed by atoms with Crippen molar-refractivity contribution < 1.29 is 19.1 Å². The van der Waals surface area contributed by atoms with Gasteiger partial charge in [-0.05, 0) is 12.5 Å². The molecule has 22 heavy (non-hydrogen) atoms. The van der Waals surface area contributed by atoms with Gasteiger partial charge in [0.2, 0.25) is 0 Å². The Labute approximate surface area is 126 Å². The quantitative estimate of drug-likeness (QED) is 0.844. The van der Waals surface area contributed by atoms with Crippen LogP contribution in [0.1, 0.15) is 21.6 Å². The molecule has 0 spiro atoms. The highest BCUT2D eigenvalue weighted by Gasteiger charge is 2.22. The number of hydrogen-bond donors (Lipinski definition) is 2. The monoisotopic (exact) mass is 305 g/mol. The highest BCUT2D eigenvalue weighted by Crippen LogP contribution is 2.10. The minimum absolute atomic E-state index is 0.232. The number of carboxylic acids is 1. The summed E-state index contributed by atoms with van der Waals surface area (Å²) in [4.78, 5) is 22.8. The summed E-state index contributed by atoms with van der Waals surface area (Å²) in [5.41, 5.74) is 1.84. The predicted octanol–water partition coefficient (Wildman–Crippen LogP) is 1.39. The lowest BCUT2D eigenvalue weighted by Crippen LogP contribution is -2.42. The van der Waals surface area contributed by atoms with Crippen LogP contribution >= 0.6 is 0 Å². The summed E-state index contributed by atoms with van der Waals surface area (Å²) in [6.45, 7) is 1.03. The van der Waals surface area contributed by atoms with E-state index < -0.39 is 24.6 Å². The summed E-state index contributed by atoms with van der Waals surface area (Å²) in [5.74, 6) is -2.06. The van der Waals surface area contributed by atoms with Crippen LogP contribution in [0.15, 0.2) is 36.5 Å². The second-order valence-corrected chi connectivity index (χ2v) is 4.81. The van der Waals surface area contributed by atoms with Gasteiger partial charge in [0, 0.05) is 5.69 Å². The maximum atomic E-state index is 12.6. The highest BCUT2D eigenvalue weighted by atomic mass is 19.1. The molecular weight excluding hydrogens is 289 g/mol. The number of amides is 1. The number of carbonyl (C=O) groups is 2. The third kappa shape index (κ3) is 3.49. The van der Waals surface area contributed by atoms with E-state index in [2.05, 4.69) is 10.4 Å². The van der Waals surface area contributed by atoms with Crippen LogP contribution in [-0.4, -0.2) is 39.5 Å². The third-order valence-corrected chi connectivity index (χ3v) is 3.28. The second-order valence-electron chi connectivity index (χ2n) is 4.81. The van der Waals surface area contributed by atoms with E-state index in [1.807, 2.05) is 30.3 Å². The average molecular weight is 305 g/mol. The molecule has 2 N–H and O–H groups in total. The van der Waals surface area contributed by atoms with Crippen LogP contribution < -0.4 is 5.32 Å². The van der Waals surface area contributed by atoms with Gasteiger partial charge in [-0.25, -0.2) is 9.18 Å². The number of alkyl halides is 1. The molecule has 1 aromatic carbocycles. The first-order valence-electron chi connectivity index (χ1n) is 6.69. The van der Waals surface area contributed by atoms with Crippen molar-refractivity contribution in [3.8, 4) is 0 Å². The Morgan fingerprint density at radius 3 is 2.64 bits per heavy atom. The van der Waals surface area contributed by atoms with Crippen molar-refractivity contribution in [2.45, 2.75) is 19.5 Å². The van der Waals surface area contributed by atoms with Crippen LogP contribution in [0.25, 0.3) is 0 Å². The molecule has 0 aliphatic heterocycles. The average Bonchev–Trinajstić information content (AvgIpc) is 2.86. The van der Waals surface area contributed by atoms with Crippen LogP contribution in [0, 0.1) is 6.92 Å². The maximum Gasteiger partial charge on any atom is 0.328 e. The number of aromatic nitrogens is 2. The number of nitrogens with zero attached hydrogens (tertiary/aromatic N) is 2. The van der Waals surface area contributed by atoms with E-state index in [4.69, 9.17) is 5.11 Å². The Morgan fingerprint density at radius 1 is 1.36 bits per heavy atom. The first kappa shape index (κ1) is 15.7. The molecule has 1 aromatic heterocycles. The topological polar surface area (TPSA) is 84.2 Å². The molecule has 1 unspecified atom stereocenters. The minimum atomic E-state index is -1.55. The molecule has 0 radical (unpaired) electrons. The van der Waals surface area contributed by atoms with E-state index in [1.54, 1.807) is 11.6 Å². The number of aliphatic carboxylic acids is 1. The number of nitrogens with one attached hydrogen (secondary N) is 1. The van der Waals surface area contributed by atoms with E-state index in [0.29, 0.717) is 12.2 Å². The number of rotatable bonds is 6. The molecule has 1 amide bonds. The molecule has 0 aliphatic rings. The van der Waals surface area contributed by atoms with Crippen LogP contribution in [0.3, 0.4) is 0 Å². The second kappa shape index (κ2) is 6.84. The van der Waals surface area contributed by atoms with Gasteiger partial charge in [-0.3, -0.25) is 9.48 Å². The van der Waals surface area contributed by atoms with Crippen molar-refractivity contribution in [1.29, 1.82) is 0 Å². The molecule has 0 bridgehead atoms. The minimum Gasteiger partial charge on any atom is -0.480 e. The van der Waals surface area contributed by atoms with Crippen LogP contribution in [-0.2, 0) is 11.3 Å². The van der Waals surface area contributed by atoms with Crippen molar-refractivity contribution in [2.24, 2.45) is 0 Å². The molecular formula is C15H16FN3O3. The lowest BCUT2D eigenvalue weighted by atomic mass is 10.2. The molecule has 2 rings (SSSR count). The van der Waals surface area contributed by atoms with Crippen LogP contribution in [0.5, 0.6) is 0 Å². The summed E-state index contributed by atoms with van der Waals surface area (Å²) in [7, 11) is 0. The van der Waals surface area contributed by atoms with Crippen molar-refractivity contribution in [3.05, 3.63) is 53.3 Å². The number of carboxylic acid groups (broad SMARTS) is 1. The van der Waals surface area contributed by atoms with E-state index in [0.717, 1.165) is 5.56 Å². The fourth-order valence-corrected chi connectivity index (χ4v) is 1.99. The van der Waals surface area contributed by atoms with Gasteiger partial charge in [0.05, 0.1) is 18.3 Å². The number of hydrogen-bond acceptors (Lipinski definition) is 3. The summed E-state index contributed by atoms with van der Waals surface area (Å²) in [5, 5.41) is 15.0. The van der Waals surface area contributed by atoms with E-state index in [-0.39, 0.29) is 5.56 Å². The Bertz CT molecular complexity index is 670. The zero-order chi connectivity index (χ0) is 16.1. The zero-order valence-corrected chi connectivity index (χ0v) is 12.0. The number of carbonyl (C=O) groups excluding carboxylic acids is 1. The molecule has 0 saturated heterocycles. The van der Waals surface area contributed by atoms with E-state index >= 15 is 0 Å². The first-order chi connectivity index (χ1) is 10.5. The van der Waals surface area contributed by atoms with Crippen LogP contribution in [0.2, 0.25) is 0 Å². The zero-order valence-electron chi connectivity index (χ0n) is 12.0. The Hall–Kier alpha value is -2.70. The highest BCUT2D eigenvalue weighted by molar-refractivity contribution is 5.97. The lowest BCUT2D eigenvalue weighted by molar-refractivity contribution is -0.139. The van der Waals surface area contributed by atoms with Gasteiger partial charge in [-0.15, -0.1) is 0 Å². The maximum absolute atomic E-state index is 12.6. The molecule has 116 valence electrons. The van der Waals surface area contributed by atoms with Gasteiger partial charge in [0.1, 0.15) is 6.67 Å². The number of benzene rings is 1. The van der Waals surface area contributed by atoms with Gasteiger partial charge in [-0.1, -0.05) is 30.3 Å². The molecule has 6 nitrogen and oxygen atoms in total. The summed E-state index contributed by atoms with van der Waals surface area (Å²) < 4.78 is 14.2. The molecule has 2 aromatic rings. The molecule has 1 atom stereocenters. The SMILES string of the molecule is Cc1c(C(=O)NC(CF)C(=O)O)cnn1Cc1ccccc1. The molecule has 0 saturated carbocycles. The third-order valence-electron chi connectivity index (χ3n) is 3.28. The Kier molecular flexibility index (Phi) is 4.88. The standard InChI is InChI=1S/C15H16FN3O3/c1-10-12(14(20)18-13(7-16)15(21)22)8-17-19(10)9-11-5-3-2-4-6-11/h2-6,8,13H,7,9H2,1H3,(H,18,20)(H,21,22). The molecule has 0 fully saturated rings. The van der Waals surface area contributed by atoms with Crippen molar-refractivity contribution in [1.82, 2.24) is 15.1 Å². The number of halogens is 1. The van der Waals surface area contributed by atoms with Gasteiger partial charge >= 0.3 is 5.97 Å². The summed E-state index contributed by atoms with van der Waals surface area (Å²) in [6.07, 6.45) is 1.35. The largest absolute Gasteiger partial charge is 0.480 e. The Balaban J connectivity index is 2.13. The van der Waals surface area contributed by atoms with Gasteiger partial charge in [-0.2, -0.15) is 5.10 Å². The smallest absolute Gasteiger partial charge is 0.328 e. The summed E-state index contributed by atoms with van der Waals surface area (Å²) in [6, 6.07) is 8.03. The summed E-state index contributed by atoms with van der Waals surface area (Å²) >= 11 is 0. The fraction of sp³-hybridized carbons (Fsp3) is 0.267. The van der Waals surface area contributed by atoms with Gasteiger partial charge in [0.15, 0.2) is 6.04 Å². The van der Waals surface area contributed by atoms with Crippen molar-refractivity contribution in [2.75, 3.05) is 6.67 Å². The normalized spacial score (nSPS) is 11.9. The first-order valence-corrected chi connectivity index (χ1v) is 6.69. The van der Waals surface area contributed by atoms with Crippen molar-refractivity contribution in [3.63, 3.8) is 0 Å². The van der Waals surface area contributed by atoms with Gasteiger partial charge < -0.3 is 10.4 Å². The van der Waals surface area contributed by atoms with E-state index in [1.165, 1.54) is 6.20 Å². The fourth-order valence-electron chi connectivity index (χ4n) is 1.99. The molecule has 1 heterocycles. The van der Waals surface area contributed by atoms with Crippen molar-refractivity contribution >= 4 is 11.9 Å². The van der Waals surface area contributed by atoms with E-state index in [9.17, 15) is 14.0 Å².